The summed E-state index contributed by atoms with van der Waals surface area (Å²) in [4.78, 5) is 2.74. The first-order chi connectivity index (χ1) is 32.6. The Kier molecular flexibility index (Phi) is 7.28. The van der Waals surface area contributed by atoms with Crippen LogP contribution in [0.2, 0.25) is 0 Å². The minimum Gasteiger partial charge on any atom is -0.456 e. The van der Waals surface area contributed by atoms with Crippen molar-refractivity contribution in [1.82, 2.24) is 4.57 Å². The first kappa shape index (κ1) is 39.4. The van der Waals surface area contributed by atoms with Gasteiger partial charge in [0.1, 0.15) is 11.2 Å². The van der Waals surface area contributed by atoms with Gasteiger partial charge in [-0.15, -0.1) is 11.3 Å². The summed E-state index contributed by atoms with van der Waals surface area (Å²) in [5.41, 5.74) is 23.5. The lowest BCUT2D eigenvalue weighted by Gasteiger charge is -2.42. The fourth-order valence-corrected chi connectivity index (χ4v) is 14.8. The van der Waals surface area contributed by atoms with Crippen LogP contribution in [0.5, 0.6) is 0 Å². The van der Waals surface area contributed by atoms with Crippen LogP contribution in [-0.2, 0) is 21.7 Å². The zero-order chi connectivity index (χ0) is 46.1. The average molecular weight is 897 g/mol. The molecule has 3 nitrogen and oxygen atoms in total. The van der Waals surface area contributed by atoms with Crippen molar-refractivity contribution < 1.29 is 4.42 Å². The van der Waals surface area contributed by atoms with Gasteiger partial charge >= 0.3 is 6.85 Å². The lowest BCUT2D eigenvalue weighted by Crippen LogP contribution is -2.60. The van der Waals surface area contributed by atoms with Crippen LogP contribution in [0.25, 0.3) is 91.9 Å². The number of nitrogens with zero attached hydrogens (tertiary/aromatic N) is 2. The molecular formula is C63H53BN2OS. The third-order valence-electron chi connectivity index (χ3n) is 17.4. The number of hydrogen-bond acceptors (Lipinski definition) is 3. The Morgan fingerprint density at radius 2 is 1.26 bits per heavy atom. The highest BCUT2D eigenvalue weighted by molar-refractivity contribution is 7.25. The third kappa shape index (κ3) is 4.86. The Morgan fingerprint density at radius 1 is 0.544 bits per heavy atom. The van der Waals surface area contributed by atoms with Crippen molar-refractivity contribution in [2.45, 2.75) is 96.8 Å². The van der Waals surface area contributed by atoms with Crippen molar-refractivity contribution >= 4 is 104 Å². The molecule has 5 heterocycles. The second-order valence-electron chi connectivity index (χ2n) is 23.5. The molecule has 68 heavy (non-hydrogen) atoms. The van der Waals surface area contributed by atoms with E-state index >= 15 is 0 Å². The fraction of sp³-hybridized carbons (Fsp3) is 0.238. The number of fused-ring (bicyclic) bond motifs is 19. The van der Waals surface area contributed by atoms with Crippen LogP contribution in [0.15, 0.2) is 138 Å². The number of benzene rings is 8. The van der Waals surface area contributed by atoms with E-state index < -0.39 is 0 Å². The summed E-state index contributed by atoms with van der Waals surface area (Å²) in [5, 5.41) is 7.65. The zero-order valence-corrected chi connectivity index (χ0v) is 41.2. The molecule has 0 fully saturated rings. The van der Waals surface area contributed by atoms with E-state index in [0.29, 0.717) is 0 Å². The van der Waals surface area contributed by atoms with E-state index in [2.05, 4.69) is 205 Å². The van der Waals surface area contributed by atoms with Gasteiger partial charge in [0.15, 0.2) is 0 Å². The predicted molar refractivity (Wildman–Crippen MR) is 292 cm³/mol. The number of para-hydroxylation sites is 1. The second-order valence-corrected chi connectivity index (χ2v) is 24.6. The smallest absolute Gasteiger partial charge is 0.333 e. The molecule has 0 radical (unpaired) electrons. The lowest BCUT2D eigenvalue weighted by molar-refractivity contribution is 0.332. The number of furan rings is 1. The van der Waals surface area contributed by atoms with Crippen molar-refractivity contribution in [1.29, 1.82) is 0 Å². The summed E-state index contributed by atoms with van der Waals surface area (Å²) >= 11 is 1.98. The quantitative estimate of drug-likeness (QED) is 0.153. The summed E-state index contributed by atoms with van der Waals surface area (Å²) in [5.74, 6) is 0. The van der Waals surface area contributed by atoms with Crippen molar-refractivity contribution in [2.24, 2.45) is 0 Å². The molecule has 4 aliphatic rings. The number of rotatable bonds is 1. The van der Waals surface area contributed by atoms with Crippen LogP contribution in [0, 0.1) is 0 Å². The van der Waals surface area contributed by atoms with E-state index in [1.54, 1.807) is 0 Å². The minimum absolute atomic E-state index is 0.0302. The summed E-state index contributed by atoms with van der Waals surface area (Å²) in [7, 11) is 0. The van der Waals surface area contributed by atoms with Gasteiger partial charge in [-0.05, 0) is 145 Å². The average Bonchev–Trinajstić information content (AvgIpc) is 4.04. The van der Waals surface area contributed by atoms with Gasteiger partial charge in [0.2, 0.25) is 0 Å². The maximum Gasteiger partial charge on any atom is 0.333 e. The molecule has 0 saturated heterocycles. The monoisotopic (exact) mass is 896 g/mol. The van der Waals surface area contributed by atoms with Gasteiger partial charge in [-0.1, -0.05) is 135 Å². The van der Waals surface area contributed by atoms with Crippen LogP contribution in [-0.4, -0.2) is 11.4 Å². The van der Waals surface area contributed by atoms with E-state index in [9.17, 15) is 0 Å². The van der Waals surface area contributed by atoms with E-state index in [1.165, 1.54) is 138 Å². The maximum absolute atomic E-state index is 6.63. The standard InChI is InChI=1S/C63H53BN2OS/c1-60(2,3)34-18-20-35(21-19-34)66-50-30-43-42-28-46-47(62(6,7)27-26-61(46,4)5)33-55(42)68-54(43)31-41(50)37-22-23-39-56-49(24-25-53-57(56)38-15-11-13-17-52(38)67-53)65-51-29-40-36-14-10-12-16-44(36)63(8,9)45(40)32-48(51)64(66)58(37)59(39)65/h10-25,28-33H,26-27H2,1-9H3. The summed E-state index contributed by atoms with van der Waals surface area (Å²) in [6.07, 6.45) is 2.41. The SMILES string of the molecule is CC(C)(C)c1ccc(N2B3c4cc5c(cc4-n4c6ccc7oc8ccccc8c7c6c6ccc(c3c64)-c3cc4sc6cc7c(cc6c4cc32)C(C)(C)CCC7(C)C)-c2ccccc2C5(C)C)cc1. The Bertz CT molecular complexity index is 4110. The number of aromatic nitrogens is 1. The van der Waals surface area contributed by atoms with Gasteiger partial charge < -0.3 is 13.8 Å². The summed E-state index contributed by atoms with van der Waals surface area (Å²) in [6.45, 7) is 21.5. The van der Waals surface area contributed by atoms with E-state index in [1.807, 2.05) is 11.3 Å². The van der Waals surface area contributed by atoms with E-state index in [-0.39, 0.29) is 28.5 Å². The lowest BCUT2D eigenvalue weighted by atomic mass is 9.43. The molecule has 11 aromatic rings. The number of thiophene rings is 1. The summed E-state index contributed by atoms with van der Waals surface area (Å²) in [6, 6.07) is 52.2. The van der Waals surface area contributed by atoms with Crippen LogP contribution in [0.3, 0.4) is 0 Å². The number of anilines is 2. The molecule has 0 N–H and O–H groups in total. The van der Waals surface area contributed by atoms with Gasteiger partial charge in [0.05, 0.1) is 11.0 Å². The molecule has 8 aromatic carbocycles. The summed E-state index contributed by atoms with van der Waals surface area (Å²) < 4.78 is 12.0. The molecule has 330 valence electrons. The second kappa shape index (κ2) is 12.6. The topological polar surface area (TPSA) is 21.3 Å². The molecule has 15 rings (SSSR count). The molecule has 0 spiro atoms. The van der Waals surface area contributed by atoms with Crippen LogP contribution >= 0.6 is 11.3 Å². The fourth-order valence-electron chi connectivity index (χ4n) is 13.6. The van der Waals surface area contributed by atoms with Gasteiger partial charge in [0, 0.05) is 69.8 Å². The van der Waals surface area contributed by atoms with Crippen molar-refractivity contribution in [3.8, 4) is 27.9 Å². The molecule has 2 aliphatic heterocycles. The highest BCUT2D eigenvalue weighted by Gasteiger charge is 2.47. The molecule has 5 heteroatoms. The van der Waals surface area contributed by atoms with Crippen molar-refractivity contribution in [2.75, 3.05) is 4.81 Å². The van der Waals surface area contributed by atoms with Gasteiger partial charge in [-0.2, -0.15) is 0 Å². The first-order valence-corrected chi connectivity index (χ1v) is 25.6. The Hall–Kier alpha value is -6.56. The van der Waals surface area contributed by atoms with E-state index in [4.69, 9.17) is 4.42 Å². The molecular weight excluding hydrogens is 844 g/mol. The Balaban J connectivity index is 1.11. The van der Waals surface area contributed by atoms with Gasteiger partial charge in [-0.3, -0.25) is 0 Å². The molecule has 2 aliphatic carbocycles. The van der Waals surface area contributed by atoms with Gasteiger partial charge in [0.25, 0.3) is 0 Å². The molecule has 0 amide bonds. The molecule has 0 unspecified atom stereocenters. The Morgan fingerprint density at radius 3 is 2.06 bits per heavy atom. The predicted octanol–water partition coefficient (Wildman–Crippen LogP) is 16.2. The molecule has 0 atom stereocenters. The van der Waals surface area contributed by atoms with Crippen molar-refractivity contribution in [3.05, 3.63) is 161 Å². The van der Waals surface area contributed by atoms with Gasteiger partial charge in [-0.25, -0.2) is 0 Å². The highest BCUT2D eigenvalue weighted by Crippen LogP contribution is 2.55. The van der Waals surface area contributed by atoms with Crippen LogP contribution in [0.4, 0.5) is 11.4 Å². The normalized spacial score (nSPS) is 17.1. The maximum atomic E-state index is 6.63. The molecule has 0 bridgehead atoms. The third-order valence-corrected chi connectivity index (χ3v) is 18.5. The van der Waals surface area contributed by atoms with Crippen LogP contribution < -0.4 is 15.7 Å². The van der Waals surface area contributed by atoms with Crippen LogP contribution in [0.1, 0.15) is 103 Å². The molecule has 3 aromatic heterocycles. The Labute approximate surface area is 402 Å². The first-order valence-electron chi connectivity index (χ1n) is 24.7. The highest BCUT2D eigenvalue weighted by atomic mass is 32.1. The number of hydrogen-bond donors (Lipinski definition) is 0. The van der Waals surface area contributed by atoms with Crippen molar-refractivity contribution in [3.63, 3.8) is 0 Å². The van der Waals surface area contributed by atoms with E-state index in [0.717, 1.165) is 16.6 Å². The zero-order valence-electron chi connectivity index (χ0n) is 40.4. The minimum atomic E-state index is -0.161. The molecule has 0 saturated carbocycles. The largest absolute Gasteiger partial charge is 0.456 e.